The van der Waals surface area contributed by atoms with E-state index in [1.165, 1.54) is 25.7 Å². The van der Waals surface area contributed by atoms with E-state index in [1.54, 1.807) is 0 Å². The van der Waals surface area contributed by atoms with Crippen LogP contribution in [0.15, 0.2) is 4.42 Å². The van der Waals surface area contributed by atoms with Crippen molar-refractivity contribution in [3.63, 3.8) is 0 Å². The number of aromatic amines is 1. The summed E-state index contributed by atoms with van der Waals surface area (Å²) in [7, 11) is 0. The summed E-state index contributed by atoms with van der Waals surface area (Å²) in [4.78, 5) is 0.395. The molecule has 2 rings (SSSR count). The molecule has 1 aliphatic carbocycles. The predicted molar refractivity (Wildman–Crippen MR) is 42.9 cm³/mol. The topological polar surface area (TPSA) is 41.8 Å². The number of nitrogens with zero attached hydrogens (tertiary/aromatic N) is 1. The van der Waals surface area contributed by atoms with E-state index >= 15 is 0 Å². The normalized spacial score (nSPS) is 19.3. The van der Waals surface area contributed by atoms with Crippen LogP contribution in [-0.4, -0.2) is 10.2 Å². The van der Waals surface area contributed by atoms with Crippen molar-refractivity contribution in [2.45, 2.75) is 31.6 Å². The molecule has 1 heterocycles. The summed E-state index contributed by atoms with van der Waals surface area (Å²) in [6, 6.07) is 0. The van der Waals surface area contributed by atoms with Gasteiger partial charge in [0.05, 0.1) is 0 Å². The quantitative estimate of drug-likeness (QED) is 0.658. The zero-order valence-electron chi connectivity index (χ0n) is 6.17. The number of rotatable bonds is 1. The third-order valence-corrected chi connectivity index (χ3v) is 2.33. The summed E-state index contributed by atoms with van der Waals surface area (Å²) in [5, 5.41) is 6.65. The van der Waals surface area contributed by atoms with Crippen molar-refractivity contribution >= 4 is 12.2 Å². The first kappa shape index (κ1) is 7.03. The highest BCUT2D eigenvalue weighted by Crippen LogP contribution is 2.32. The van der Waals surface area contributed by atoms with Gasteiger partial charge in [0.1, 0.15) is 0 Å². The molecular formula is C7H10N2OS. The molecule has 60 valence electrons. The van der Waals surface area contributed by atoms with Crippen molar-refractivity contribution in [2.24, 2.45) is 0 Å². The van der Waals surface area contributed by atoms with Gasteiger partial charge in [-0.25, -0.2) is 5.10 Å². The molecule has 0 amide bonds. The van der Waals surface area contributed by atoms with Gasteiger partial charge in [0.15, 0.2) is 0 Å². The van der Waals surface area contributed by atoms with E-state index in [2.05, 4.69) is 10.2 Å². The molecule has 0 spiro atoms. The Hall–Kier alpha value is -0.640. The summed E-state index contributed by atoms with van der Waals surface area (Å²) in [6.45, 7) is 0. The Labute approximate surface area is 69.8 Å². The van der Waals surface area contributed by atoms with Crippen LogP contribution >= 0.6 is 12.2 Å². The number of hydrogen-bond donors (Lipinski definition) is 1. The molecule has 1 aromatic rings. The number of H-pyrrole nitrogens is 1. The summed E-state index contributed by atoms with van der Waals surface area (Å²) in [5.41, 5.74) is 0. The highest BCUT2D eigenvalue weighted by molar-refractivity contribution is 7.71. The lowest BCUT2D eigenvalue weighted by Gasteiger charge is -1.99. The maximum Gasteiger partial charge on any atom is 0.284 e. The first-order valence-electron chi connectivity index (χ1n) is 3.91. The van der Waals surface area contributed by atoms with E-state index in [0.29, 0.717) is 10.8 Å². The fourth-order valence-electron chi connectivity index (χ4n) is 1.59. The third kappa shape index (κ3) is 1.35. The Morgan fingerprint density at radius 3 is 2.73 bits per heavy atom. The van der Waals surface area contributed by atoms with E-state index in [-0.39, 0.29) is 0 Å². The Bertz CT molecular complexity index is 285. The van der Waals surface area contributed by atoms with E-state index in [4.69, 9.17) is 16.6 Å². The molecule has 0 atom stereocenters. The van der Waals surface area contributed by atoms with Gasteiger partial charge in [0, 0.05) is 5.92 Å². The molecule has 0 radical (unpaired) electrons. The van der Waals surface area contributed by atoms with Crippen molar-refractivity contribution < 1.29 is 4.42 Å². The fraction of sp³-hybridized carbons (Fsp3) is 0.714. The predicted octanol–water partition coefficient (Wildman–Crippen LogP) is 2.39. The average molecular weight is 170 g/mol. The monoisotopic (exact) mass is 170 g/mol. The standard InChI is InChI=1S/C7H10N2OS/c11-7-9-8-6(10-7)5-3-1-2-4-5/h5H,1-4H2,(H,9,11). The first-order chi connectivity index (χ1) is 5.36. The highest BCUT2D eigenvalue weighted by atomic mass is 32.1. The van der Waals surface area contributed by atoms with Gasteiger partial charge in [-0.3, -0.25) is 0 Å². The summed E-state index contributed by atoms with van der Waals surface area (Å²) >= 11 is 4.78. The molecule has 0 unspecified atom stereocenters. The van der Waals surface area contributed by atoms with Crippen LogP contribution in [0.5, 0.6) is 0 Å². The van der Waals surface area contributed by atoms with E-state index in [1.807, 2.05) is 0 Å². The molecule has 1 aromatic heterocycles. The lowest BCUT2D eigenvalue weighted by Crippen LogP contribution is -1.91. The second-order valence-corrected chi connectivity index (χ2v) is 3.30. The Morgan fingerprint density at radius 1 is 1.45 bits per heavy atom. The van der Waals surface area contributed by atoms with Crippen LogP contribution in [0, 0.1) is 4.84 Å². The van der Waals surface area contributed by atoms with Gasteiger partial charge in [-0.2, -0.15) is 0 Å². The third-order valence-electron chi connectivity index (χ3n) is 2.16. The van der Waals surface area contributed by atoms with Crippen LogP contribution in [0.25, 0.3) is 0 Å². The van der Waals surface area contributed by atoms with Crippen molar-refractivity contribution in [1.82, 2.24) is 10.2 Å². The highest BCUT2D eigenvalue weighted by Gasteiger charge is 2.21. The molecule has 4 heteroatoms. The van der Waals surface area contributed by atoms with Crippen LogP contribution in [0.1, 0.15) is 37.5 Å². The molecule has 11 heavy (non-hydrogen) atoms. The van der Waals surface area contributed by atoms with Gasteiger partial charge in [0.25, 0.3) is 4.84 Å². The molecule has 0 bridgehead atoms. The number of nitrogens with one attached hydrogen (secondary N) is 1. The van der Waals surface area contributed by atoms with Crippen molar-refractivity contribution in [2.75, 3.05) is 0 Å². The Balaban J connectivity index is 2.21. The first-order valence-corrected chi connectivity index (χ1v) is 4.32. The minimum Gasteiger partial charge on any atom is -0.414 e. The second kappa shape index (κ2) is 2.77. The lowest BCUT2D eigenvalue weighted by atomic mass is 10.1. The second-order valence-electron chi connectivity index (χ2n) is 2.93. The molecule has 1 aliphatic rings. The van der Waals surface area contributed by atoms with Crippen LogP contribution in [-0.2, 0) is 0 Å². The Morgan fingerprint density at radius 2 is 2.18 bits per heavy atom. The molecule has 3 nitrogen and oxygen atoms in total. The molecule has 0 saturated heterocycles. The lowest BCUT2D eigenvalue weighted by molar-refractivity contribution is 0.439. The zero-order valence-corrected chi connectivity index (χ0v) is 6.99. The minimum absolute atomic E-state index is 0.395. The van der Waals surface area contributed by atoms with Crippen molar-refractivity contribution in [3.05, 3.63) is 10.7 Å². The van der Waals surface area contributed by atoms with Gasteiger partial charge in [-0.15, -0.1) is 5.10 Å². The molecule has 1 N–H and O–H groups in total. The Kier molecular flexibility index (Phi) is 1.77. The molecule has 1 fully saturated rings. The van der Waals surface area contributed by atoms with Gasteiger partial charge in [-0.05, 0) is 25.1 Å². The smallest absolute Gasteiger partial charge is 0.284 e. The SMILES string of the molecule is S=c1[nH]nc(C2CCCC2)o1. The average Bonchev–Trinajstić information content (AvgIpc) is 2.55. The van der Waals surface area contributed by atoms with Gasteiger partial charge in [-0.1, -0.05) is 12.8 Å². The molecule has 1 saturated carbocycles. The van der Waals surface area contributed by atoms with Crippen molar-refractivity contribution in [1.29, 1.82) is 0 Å². The number of hydrogen-bond acceptors (Lipinski definition) is 3. The van der Waals surface area contributed by atoms with Gasteiger partial charge < -0.3 is 4.42 Å². The summed E-state index contributed by atoms with van der Waals surface area (Å²) in [5.74, 6) is 1.32. The molecule has 0 aliphatic heterocycles. The number of aromatic nitrogens is 2. The van der Waals surface area contributed by atoms with Crippen LogP contribution in [0.3, 0.4) is 0 Å². The van der Waals surface area contributed by atoms with Crippen molar-refractivity contribution in [3.8, 4) is 0 Å². The van der Waals surface area contributed by atoms with Crippen LogP contribution in [0.4, 0.5) is 0 Å². The van der Waals surface area contributed by atoms with Gasteiger partial charge >= 0.3 is 0 Å². The summed E-state index contributed by atoms with van der Waals surface area (Å²) < 4.78 is 5.22. The van der Waals surface area contributed by atoms with Crippen LogP contribution < -0.4 is 0 Å². The minimum atomic E-state index is 0.395. The summed E-state index contributed by atoms with van der Waals surface area (Å²) in [6.07, 6.45) is 4.98. The molecular weight excluding hydrogens is 160 g/mol. The van der Waals surface area contributed by atoms with E-state index in [0.717, 1.165) is 5.89 Å². The van der Waals surface area contributed by atoms with E-state index in [9.17, 15) is 0 Å². The molecule has 0 aromatic carbocycles. The zero-order chi connectivity index (χ0) is 7.68. The van der Waals surface area contributed by atoms with Crippen LogP contribution in [0.2, 0.25) is 0 Å². The fourth-order valence-corrected chi connectivity index (χ4v) is 1.72. The van der Waals surface area contributed by atoms with Gasteiger partial charge in [0.2, 0.25) is 5.89 Å². The largest absolute Gasteiger partial charge is 0.414 e. The van der Waals surface area contributed by atoms with E-state index < -0.39 is 0 Å². The maximum absolute atomic E-state index is 5.22. The maximum atomic E-state index is 5.22.